The Morgan fingerprint density at radius 1 is 1.20 bits per heavy atom. The maximum atomic E-state index is 15.7. The predicted octanol–water partition coefficient (Wildman–Crippen LogP) is 4.01. The van der Waals surface area contributed by atoms with E-state index in [1.807, 2.05) is 32.0 Å². The number of carbonyl (C=O) groups is 2. The SMILES string of the molecule is CNC(=O)[C@H](NC1OC1C(C)(C)c1cc(F)c2nc(C(CNC(=O)c3ccnn3C)Cc3ccccc3C)[nH]c2c1)C1CCC1. The number of aromatic nitrogens is 4. The average Bonchev–Trinajstić information content (AvgIpc) is 3.42. The normalized spacial score (nSPS) is 19.6. The summed E-state index contributed by atoms with van der Waals surface area (Å²) in [4.78, 5) is 33.6. The Labute approximate surface area is 262 Å². The van der Waals surface area contributed by atoms with Crippen LogP contribution in [0.25, 0.3) is 11.0 Å². The molecular formula is C34H42FN7O3. The summed E-state index contributed by atoms with van der Waals surface area (Å²) < 4.78 is 23.3. The van der Waals surface area contributed by atoms with Crippen molar-refractivity contribution in [3.63, 3.8) is 0 Å². The molecule has 4 atom stereocenters. The number of aromatic amines is 1. The number of carbonyl (C=O) groups excluding carboxylic acids is 2. The highest BCUT2D eigenvalue weighted by molar-refractivity contribution is 5.92. The van der Waals surface area contributed by atoms with Gasteiger partial charge in [0.25, 0.3) is 5.91 Å². The van der Waals surface area contributed by atoms with E-state index < -0.39 is 11.2 Å². The number of likely N-dealkylation sites (N-methyl/N-ethyl adjacent to an activating group) is 1. The number of ether oxygens (including phenoxy) is 1. The van der Waals surface area contributed by atoms with Gasteiger partial charge in [0.1, 0.15) is 29.4 Å². The number of hydrogen-bond acceptors (Lipinski definition) is 6. The smallest absolute Gasteiger partial charge is 0.269 e. The van der Waals surface area contributed by atoms with Crippen LogP contribution >= 0.6 is 0 Å². The summed E-state index contributed by atoms with van der Waals surface area (Å²) in [5.74, 6) is -0.0182. The van der Waals surface area contributed by atoms with Crippen LogP contribution in [-0.4, -0.2) is 63.5 Å². The molecule has 2 fully saturated rings. The number of nitrogens with one attached hydrogen (secondary N) is 4. The molecule has 1 saturated carbocycles. The lowest BCUT2D eigenvalue weighted by Gasteiger charge is -2.33. The van der Waals surface area contributed by atoms with Gasteiger partial charge in [0.05, 0.1) is 11.6 Å². The van der Waals surface area contributed by atoms with E-state index in [1.54, 1.807) is 26.4 Å². The standard InChI is InChI=1S/C34H42FN7O3/c1-19-9-6-7-10-21(19)15-22(18-37-31(43)26-13-14-38-42(26)5)30-39-25-17-23(16-24(35)28(25)40-30)34(2,3)29-33(45-29)41-27(32(44)36-4)20-11-8-12-20/h6-7,9-10,13-14,16-17,20,22,27,29,33,41H,8,11-12,15,18H2,1-5H3,(H,36,44)(H,37,43)(H,39,40)/t22?,27-,29?,33?/m1/s1. The third kappa shape index (κ3) is 6.24. The topological polar surface area (TPSA) is 129 Å². The molecule has 0 radical (unpaired) electrons. The lowest BCUT2D eigenvalue weighted by Crippen LogP contribution is -2.51. The molecule has 1 aliphatic heterocycles. The van der Waals surface area contributed by atoms with Crippen LogP contribution < -0.4 is 16.0 Å². The van der Waals surface area contributed by atoms with E-state index in [4.69, 9.17) is 9.72 Å². The zero-order chi connectivity index (χ0) is 31.9. The van der Waals surface area contributed by atoms with Crippen LogP contribution in [0.3, 0.4) is 0 Å². The molecule has 1 saturated heterocycles. The number of hydrogen-bond donors (Lipinski definition) is 4. The Bertz CT molecular complexity index is 1710. The lowest BCUT2D eigenvalue weighted by molar-refractivity contribution is -0.125. The largest absolute Gasteiger partial charge is 0.358 e. The van der Waals surface area contributed by atoms with Crippen LogP contribution in [0.2, 0.25) is 0 Å². The molecule has 1 aliphatic carbocycles. The van der Waals surface area contributed by atoms with Crippen LogP contribution in [0.15, 0.2) is 48.7 Å². The first-order valence-electron chi connectivity index (χ1n) is 15.7. The molecular weight excluding hydrogens is 573 g/mol. The fourth-order valence-electron chi connectivity index (χ4n) is 6.42. The lowest BCUT2D eigenvalue weighted by atomic mass is 9.78. The van der Waals surface area contributed by atoms with Crippen LogP contribution in [-0.2, 0) is 28.4 Å². The molecule has 3 heterocycles. The Kier molecular flexibility index (Phi) is 8.49. The zero-order valence-electron chi connectivity index (χ0n) is 26.5. The molecule has 0 spiro atoms. The molecule has 6 rings (SSSR count). The van der Waals surface area contributed by atoms with E-state index in [-0.39, 0.29) is 41.6 Å². The summed E-state index contributed by atoms with van der Waals surface area (Å²) in [6.45, 7) is 6.42. The third-order valence-corrected chi connectivity index (χ3v) is 9.68. The van der Waals surface area contributed by atoms with Crippen molar-refractivity contribution in [3.8, 4) is 0 Å². The molecule has 2 amide bonds. The van der Waals surface area contributed by atoms with Crippen LogP contribution in [0.1, 0.15) is 72.0 Å². The highest BCUT2D eigenvalue weighted by Crippen LogP contribution is 2.42. The Hall–Kier alpha value is -4.09. The number of aryl methyl sites for hydroxylation is 2. The van der Waals surface area contributed by atoms with Crippen molar-refractivity contribution in [2.75, 3.05) is 13.6 Å². The summed E-state index contributed by atoms with van der Waals surface area (Å²) >= 11 is 0. The number of nitrogens with zero attached hydrogens (tertiary/aromatic N) is 3. The van der Waals surface area contributed by atoms with Gasteiger partial charge in [0.15, 0.2) is 5.82 Å². The van der Waals surface area contributed by atoms with Crippen molar-refractivity contribution in [1.29, 1.82) is 0 Å². The first-order chi connectivity index (χ1) is 21.6. The van der Waals surface area contributed by atoms with Gasteiger partial charge in [-0.25, -0.2) is 9.37 Å². The summed E-state index contributed by atoms with van der Waals surface area (Å²) in [6.07, 6.45) is 4.85. The van der Waals surface area contributed by atoms with Gasteiger partial charge >= 0.3 is 0 Å². The van der Waals surface area contributed by atoms with Crippen molar-refractivity contribution in [1.82, 2.24) is 35.7 Å². The number of amides is 2. The van der Waals surface area contributed by atoms with Gasteiger partial charge in [-0.3, -0.25) is 19.6 Å². The molecule has 0 bridgehead atoms. The number of benzene rings is 2. The van der Waals surface area contributed by atoms with Gasteiger partial charge in [-0.1, -0.05) is 44.5 Å². The first-order valence-corrected chi connectivity index (χ1v) is 15.7. The molecule has 11 heteroatoms. The minimum Gasteiger partial charge on any atom is -0.358 e. The summed E-state index contributed by atoms with van der Waals surface area (Å²) in [5.41, 5.74) is 3.80. The van der Waals surface area contributed by atoms with Crippen molar-refractivity contribution in [2.24, 2.45) is 13.0 Å². The van der Waals surface area contributed by atoms with E-state index in [0.717, 1.165) is 36.0 Å². The van der Waals surface area contributed by atoms with Crippen molar-refractivity contribution in [3.05, 3.63) is 82.7 Å². The molecule has 4 aromatic rings. The van der Waals surface area contributed by atoms with Crippen molar-refractivity contribution in [2.45, 2.75) is 76.2 Å². The molecule has 45 heavy (non-hydrogen) atoms. The van der Waals surface area contributed by atoms with Crippen LogP contribution in [0, 0.1) is 18.7 Å². The van der Waals surface area contributed by atoms with Crippen molar-refractivity contribution >= 4 is 22.8 Å². The van der Waals surface area contributed by atoms with Gasteiger partial charge in [-0.2, -0.15) is 5.10 Å². The first kappa shape index (κ1) is 30.9. The third-order valence-electron chi connectivity index (χ3n) is 9.68. The van der Waals surface area contributed by atoms with Crippen LogP contribution in [0.4, 0.5) is 4.39 Å². The van der Waals surface area contributed by atoms with Gasteiger partial charge in [0.2, 0.25) is 5.91 Å². The second-order valence-electron chi connectivity index (χ2n) is 13.0. The van der Waals surface area contributed by atoms with Gasteiger partial charge in [0, 0.05) is 38.2 Å². The molecule has 2 aromatic carbocycles. The number of epoxide rings is 1. The Morgan fingerprint density at radius 3 is 2.64 bits per heavy atom. The average molecular weight is 616 g/mol. The minimum atomic E-state index is -0.539. The fourth-order valence-corrected chi connectivity index (χ4v) is 6.42. The van der Waals surface area contributed by atoms with E-state index in [0.29, 0.717) is 35.9 Å². The van der Waals surface area contributed by atoms with Gasteiger partial charge in [-0.15, -0.1) is 0 Å². The summed E-state index contributed by atoms with van der Waals surface area (Å²) in [6, 6.07) is 12.9. The van der Waals surface area contributed by atoms with Crippen molar-refractivity contribution < 1.29 is 18.7 Å². The molecule has 238 valence electrons. The van der Waals surface area contributed by atoms with Gasteiger partial charge < -0.3 is 20.4 Å². The maximum Gasteiger partial charge on any atom is 0.269 e. The number of halogens is 1. The zero-order valence-corrected chi connectivity index (χ0v) is 26.5. The predicted molar refractivity (Wildman–Crippen MR) is 169 cm³/mol. The van der Waals surface area contributed by atoms with E-state index in [1.165, 1.54) is 10.7 Å². The minimum absolute atomic E-state index is 0.0269. The fraction of sp³-hybridized carbons (Fsp3) is 0.471. The quantitative estimate of drug-likeness (QED) is 0.178. The second kappa shape index (κ2) is 12.4. The molecule has 4 N–H and O–H groups in total. The summed E-state index contributed by atoms with van der Waals surface area (Å²) in [7, 11) is 3.38. The molecule has 10 nitrogen and oxygen atoms in total. The van der Waals surface area contributed by atoms with Gasteiger partial charge in [-0.05, 0) is 67.0 Å². The highest BCUT2D eigenvalue weighted by Gasteiger charge is 2.52. The number of rotatable bonds is 12. The number of fused-ring (bicyclic) bond motifs is 1. The van der Waals surface area contributed by atoms with Crippen LogP contribution in [0.5, 0.6) is 0 Å². The van der Waals surface area contributed by atoms with E-state index in [2.05, 4.69) is 45.1 Å². The second-order valence-corrected chi connectivity index (χ2v) is 13.0. The Morgan fingerprint density at radius 2 is 1.98 bits per heavy atom. The monoisotopic (exact) mass is 615 g/mol. The number of H-pyrrole nitrogens is 1. The molecule has 3 unspecified atom stereocenters. The highest BCUT2D eigenvalue weighted by atomic mass is 19.1. The number of imidazole rings is 1. The van der Waals surface area contributed by atoms with E-state index in [9.17, 15) is 9.59 Å². The Balaban J connectivity index is 1.24. The summed E-state index contributed by atoms with van der Waals surface area (Å²) in [5, 5.41) is 13.3. The molecule has 2 aromatic heterocycles. The molecule has 2 aliphatic rings. The van der Waals surface area contributed by atoms with E-state index >= 15 is 4.39 Å². The maximum absolute atomic E-state index is 15.7.